The van der Waals surface area contributed by atoms with Gasteiger partial charge in [-0.1, -0.05) is 23.7 Å². The Kier molecular flexibility index (Phi) is 5.84. The first-order valence-electron chi connectivity index (χ1n) is 8.87. The zero-order chi connectivity index (χ0) is 18.7. The molecule has 1 aliphatic heterocycles. The number of ether oxygens (including phenoxy) is 1. The third-order valence-electron chi connectivity index (χ3n) is 5.03. The fraction of sp³-hybridized carbons (Fsp3) is 0.381. The lowest BCUT2D eigenvalue weighted by Gasteiger charge is -2.32. The van der Waals surface area contributed by atoms with Crippen molar-refractivity contribution in [3.63, 3.8) is 0 Å². The summed E-state index contributed by atoms with van der Waals surface area (Å²) in [7, 11) is 1.54. The van der Waals surface area contributed by atoms with Crippen molar-refractivity contribution >= 4 is 17.4 Å². The van der Waals surface area contributed by atoms with E-state index in [-0.39, 0.29) is 17.5 Å². The summed E-state index contributed by atoms with van der Waals surface area (Å²) in [6, 6.07) is 10.9. The number of rotatable bonds is 5. The van der Waals surface area contributed by atoms with Gasteiger partial charge in [-0.3, -0.25) is 9.69 Å². The molecule has 5 heteroatoms. The number of benzene rings is 2. The molecule has 0 bridgehead atoms. The molecule has 0 unspecified atom stereocenters. The summed E-state index contributed by atoms with van der Waals surface area (Å²) in [5.74, 6) is 0.802. The highest BCUT2D eigenvalue weighted by molar-refractivity contribution is 6.30. The summed E-state index contributed by atoms with van der Waals surface area (Å²) in [5.41, 5.74) is 2.50. The fourth-order valence-electron chi connectivity index (χ4n) is 3.64. The van der Waals surface area contributed by atoms with Crippen LogP contribution in [0.5, 0.6) is 11.5 Å². The van der Waals surface area contributed by atoms with E-state index in [4.69, 9.17) is 16.3 Å². The van der Waals surface area contributed by atoms with Crippen molar-refractivity contribution in [1.82, 2.24) is 4.90 Å². The summed E-state index contributed by atoms with van der Waals surface area (Å²) in [4.78, 5) is 15.2. The predicted molar refractivity (Wildman–Crippen MR) is 103 cm³/mol. The maximum absolute atomic E-state index is 13.0. The van der Waals surface area contributed by atoms with Crippen LogP contribution >= 0.6 is 11.6 Å². The van der Waals surface area contributed by atoms with E-state index in [1.807, 2.05) is 31.2 Å². The first-order chi connectivity index (χ1) is 12.5. The molecule has 0 saturated carbocycles. The van der Waals surface area contributed by atoms with Gasteiger partial charge in [0.25, 0.3) is 0 Å². The van der Waals surface area contributed by atoms with Crippen LogP contribution in [-0.2, 0) is 6.54 Å². The average Bonchev–Trinajstić information content (AvgIpc) is 2.63. The van der Waals surface area contributed by atoms with E-state index in [0.717, 1.165) is 36.1 Å². The topological polar surface area (TPSA) is 49.8 Å². The van der Waals surface area contributed by atoms with Crippen molar-refractivity contribution in [1.29, 1.82) is 0 Å². The highest BCUT2D eigenvalue weighted by atomic mass is 35.5. The summed E-state index contributed by atoms with van der Waals surface area (Å²) >= 11 is 6.01. The second-order valence-corrected chi connectivity index (χ2v) is 7.30. The summed E-state index contributed by atoms with van der Waals surface area (Å²) in [6.45, 7) is 4.14. The molecule has 1 atom stereocenters. The highest BCUT2D eigenvalue weighted by Crippen LogP contribution is 2.32. The molecule has 26 heavy (non-hydrogen) atoms. The van der Waals surface area contributed by atoms with Crippen LogP contribution in [0.4, 0.5) is 0 Å². The number of likely N-dealkylation sites (tertiary alicyclic amines) is 1. The van der Waals surface area contributed by atoms with Crippen LogP contribution in [0.2, 0.25) is 5.02 Å². The first kappa shape index (κ1) is 18.7. The van der Waals surface area contributed by atoms with E-state index in [1.165, 1.54) is 0 Å². The van der Waals surface area contributed by atoms with Crippen LogP contribution in [0.1, 0.15) is 34.3 Å². The van der Waals surface area contributed by atoms with Crippen LogP contribution in [0.3, 0.4) is 0 Å². The Labute approximate surface area is 159 Å². The number of methoxy groups -OCH3 is 1. The van der Waals surface area contributed by atoms with Crippen molar-refractivity contribution in [2.24, 2.45) is 5.92 Å². The molecule has 3 rings (SSSR count). The number of aryl methyl sites for hydroxylation is 1. The van der Waals surface area contributed by atoms with Crippen LogP contribution < -0.4 is 4.74 Å². The molecule has 0 aliphatic carbocycles. The molecule has 4 nitrogen and oxygen atoms in total. The Bertz CT molecular complexity index is 806. The molecule has 0 spiro atoms. The zero-order valence-electron chi connectivity index (χ0n) is 15.2. The Morgan fingerprint density at radius 3 is 2.88 bits per heavy atom. The lowest BCUT2D eigenvalue weighted by Crippen LogP contribution is -2.38. The number of Topliss-reactive ketones (excluding diaryl/α,β-unsaturated/α-hetero) is 1. The maximum atomic E-state index is 13.0. The standard InChI is InChI=1S/C21H24ClNO3/c1-14-11-17(22)8-9-18(14)20(24)15-6-4-10-23(12-15)13-16-5-3-7-19(26-2)21(16)25/h3,5,7-9,11,15,25H,4,6,10,12-13H2,1-2H3/t15-/m0/s1. The molecular weight excluding hydrogens is 350 g/mol. The third-order valence-corrected chi connectivity index (χ3v) is 5.26. The maximum Gasteiger partial charge on any atom is 0.167 e. The SMILES string of the molecule is COc1cccc(CN2CCC[C@H](C(=O)c3ccc(Cl)cc3C)C2)c1O. The van der Waals surface area contributed by atoms with E-state index < -0.39 is 0 Å². The van der Waals surface area contributed by atoms with Gasteiger partial charge in [-0.05, 0) is 56.1 Å². The van der Waals surface area contributed by atoms with E-state index in [1.54, 1.807) is 19.2 Å². The lowest BCUT2D eigenvalue weighted by atomic mass is 9.88. The van der Waals surface area contributed by atoms with E-state index in [9.17, 15) is 9.90 Å². The number of hydrogen-bond acceptors (Lipinski definition) is 4. The predicted octanol–water partition coefficient (Wildman–Crippen LogP) is 4.46. The number of ketones is 1. The first-order valence-corrected chi connectivity index (χ1v) is 9.25. The number of phenolic OH excluding ortho intramolecular Hbond substituents is 1. The van der Waals surface area contributed by atoms with Crippen molar-refractivity contribution in [3.8, 4) is 11.5 Å². The molecule has 2 aromatic rings. The zero-order valence-corrected chi connectivity index (χ0v) is 15.9. The van der Waals surface area contributed by atoms with Gasteiger partial charge in [0.2, 0.25) is 0 Å². The third kappa shape index (κ3) is 4.02. The normalized spacial score (nSPS) is 17.9. The second kappa shape index (κ2) is 8.11. The van der Waals surface area contributed by atoms with Crippen LogP contribution in [0.15, 0.2) is 36.4 Å². The summed E-state index contributed by atoms with van der Waals surface area (Å²) in [6.07, 6.45) is 1.86. The molecule has 1 aliphatic rings. The molecule has 0 amide bonds. The van der Waals surface area contributed by atoms with Gasteiger partial charge in [0, 0.05) is 35.2 Å². The molecule has 2 aromatic carbocycles. The Hall–Kier alpha value is -2.04. The fourth-order valence-corrected chi connectivity index (χ4v) is 3.86. The number of hydrogen-bond donors (Lipinski definition) is 1. The van der Waals surface area contributed by atoms with E-state index >= 15 is 0 Å². The van der Waals surface area contributed by atoms with Gasteiger partial charge in [0.1, 0.15) is 0 Å². The molecule has 1 fully saturated rings. The van der Waals surface area contributed by atoms with Gasteiger partial charge in [0.05, 0.1) is 7.11 Å². The molecule has 0 radical (unpaired) electrons. The van der Waals surface area contributed by atoms with Gasteiger partial charge in [-0.2, -0.15) is 0 Å². The number of aromatic hydroxyl groups is 1. The Balaban J connectivity index is 1.72. The second-order valence-electron chi connectivity index (χ2n) is 6.87. The van der Waals surface area contributed by atoms with Crippen molar-refractivity contribution < 1.29 is 14.6 Å². The van der Waals surface area contributed by atoms with Gasteiger partial charge >= 0.3 is 0 Å². The molecular formula is C21H24ClNO3. The van der Waals surface area contributed by atoms with Crippen molar-refractivity contribution in [2.45, 2.75) is 26.3 Å². The molecule has 138 valence electrons. The minimum Gasteiger partial charge on any atom is -0.504 e. The summed E-state index contributed by atoms with van der Waals surface area (Å²) < 4.78 is 5.18. The van der Waals surface area contributed by atoms with E-state index in [2.05, 4.69) is 4.90 Å². The van der Waals surface area contributed by atoms with Gasteiger partial charge in [-0.15, -0.1) is 0 Å². The lowest BCUT2D eigenvalue weighted by molar-refractivity contribution is 0.0810. The van der Waals surface area contributed by atoms with Gasteiger partial charge in [-0.25, -0.2) is 0 Å². The smallest absolute Gasteiger partial charge is 0.167 e. The van der Waals surface area contributed by atoms with E-state index in [0.29, 0.717) is 23.9 Å². The number of halogens is 1. The minimum atomic E-state index is -0.0311. The van der Waals surface area contributed by atoms with Crippen molar-refractivity contribution in [3.05, 3.63) is 58.1 Å². The van der Waals surface area contributed by atoms with Gasteiger partial charge in [0.15, 0.2) is 17.3 Å². The molecule has 1 saturated heterocycles. The largest absolute Gasteiger partial charge is 0.504 e. The monoisotopic (exact) mass is 373 g/mol. The number of phenols is 1. The number of piperidine rings is 1. The number of carbonyl (C=O) groups excluding carboxylic acids is 1. The summed E-state index contributed by atoms with van der Waals surface area (Å²) in [5, 5.41) is 11.0. The molecule has 1 heterocycles. The minimum absolute atomic E-state index is 0.0311. The number of carbonyl (C=O) groups is 1. The average molecular weight is 374 g/mol. The number of para-hydroxylation sites is 1. The van der Waals surface area contributed by atoms with Crippen LogP contribution in [-0.4, -0.2) is 36.0 Å². The van der Waals surface area contributed by atoms with Crippen molar-refractivity contribution in [2.75, 3.05) is 20.2 Å². The van der Waals surface area contributed by atoms with Crippen LogP contribution in [0.25, 0.3) is 0 Å². The molecule has 0 aromatic heterocycles. The number of nitrogens with zero attached hydrogens (tertiary/aromatic N) is 1. The Morgan fingerprint density at radius 2 is 2.15 bits per heavy atom. The Morgan fingerprint density at radius 1 is 1.35 bits per heavy atom. The highest BCUT2D eigenvalue weighted by Gasteiger charge is 2.28. The van der Waals surface area contributed by atoms with Gasteiger partial charge < -0.3 is 9.84 Å². The van der Waals surface area contributed by atoms with Crippen LogP contribution in [0, 0.1) is 12.8 Å². The quantitative estimate of drug-likeness (QED) is 0.786. The molecule has 1 N–H and O–H groups in total.